The topological polar surface area (TPSA) is 47.6 Å². The van der Waals surface area contributed by atoms with E-state index >= 15 is 0 Å². The number of ether oxygens (including phenoxy) is 2. The van der Waals surface area contributed by atoms with E-state index in [1.807, 2.05) is 0 Å². The van der Waals surface area contributed by atoms with Crippen LogP contribution in [0.25, 0.3) is 0 Å². The number of alkyl halides is 5. The third kappa shape index (κ3) is 4.09. The normalized spacial score (nSPS) is 20.5. The van der Waals surface area contributed by atoms with E-state index in [1.165, 1.54) is 0 Å². The van der Waals surface area contributed by atoms with Crippen molar-refractivity contribution in [1.29, 1.82) is 0 Å². The van der Waals surface area contributed by atoms with E-state index in [0.29, 0.717) is 18.2 Å². The summed E-state index contributed by atoms with van der Waals surface area (Å²) in [6, 6.07) is -0.539. The molecular formula is C11H8ClF6NO3. The summed E-state index contributed by atoms with van der Waals surface area (Å²) in [6.45, 7) is -1.31. The van der Waals surface area contributed by atoms with E-state index in [-0.39, 0.29) is 12.4 Å². The van der Waals surface area contributed by atoms with Crippen molar-refractivity contribution in [3.63, 3.8) is 0 Å². The number of carbonyl (C=O) groups excluding carboxylic acids is 1. The summed E-state index contributed by atoms with van der Waals surface area (Å²) < 4.78 is 84.6. The predicted octanol–water partition coefficient (Wildman–Crippen LogP) is 3.56. The van der Waals surface area contributed by atoms with Gasteiger partial charge in [-0.2, -0.15) is 0 Å². The summed E-state index contributed by atoms with van der Waals surface area (Å²) in [5, 5.41) is 1.67. The average molecular weight is 352 g/mol. The van der Waals surface area contributed by atoms with Crippen LogP contribution in [0, 0.1) is 5.82 Å². The molecule has 1 amide bonds. The van der Waals surface area contributed by atoms with Gasteiger partial charge in [0.1, 0.15) is 17.6 Å². The van der Waals surface area contributed by atoms with Gasteiger partial charge in [0.15, 0.2) is 6.61 Å². The second kappa shape index (κ2) is 6.11. The number of carbonyl (C=O) groups is 1. The standard InChI is InChI=1S/C11H7F6NO3.ClH/c12-7-2-1-5(21-11(15,16)17)3-6(7)8-10(13,14)4-20-9(19)18-8;/h1-3,8H,4H2,(H,18,19);1H/t8-;/m1./s1. The van der Waals surface area contributed by atoms with Crippen LogP contribution in [0.2, 0.25) is 0 Å². The van der Waals surface area contributed by atoms with Crippen molar-refractivity contribution in [3.8, 4) is 5.75 Å². The maximum Gasteiger partial charge on any atom is 0.573 e. The van der Waals surface area contributed by atoms with E-state index in [1.54, 1.807) is 5.32 Å². The first kappa shape index (κ1) is 18.2. The number of halogens is 7. The highest BCUT2D eigenvalue weighted by Crippen LogP contribution is 2.37. The monoisotopic (exact) mass is 351 g/mol. The summed E-state index contributed by atoms with van der Waals surface area (Å²) in [5.74, 6) is -5.78. The number of alkyl carbamates (subject to hydrolysis) is 1. The van der Waals surface area contributed by atoms with Crippen LogP contribution in [-0.4, -0.2) is 25.0 Å². The lowest BCUT2D eigenvalue weighted by molar-refractivity contribution is -0.274. The highest BCUT2D eigenvalue weighted by molar-refractivity contribution is 5.85. The fourth-order valence-electron chi connectivity index (χ4n) is 1.76. The number of rotatable bonds is 2. The SMILES string of the molecule is Cl.O=C1N[C@H](c2cc(OC(F)(F)F)ccc2F)C(F)(F)CO1. The second-order valence-corrected chi connectivity index (χ2v) is 4.15. The van der Waals surface area contributed by atoms with Crippen LogP contribution in [0.1, 0.15) is 11.6 Å². The first-order valence-electron chi connectivity index (χ1n) is 5.45. The molecule has 0 radical (unpaired) electrons. The van der Waals surface area contributed by atoms with E-state index in [0.717, 1.165) is 0 Å². The second-order valence-electron chi connectivity index (χ2n) is 4.15. The van der Waals surface area contributed by atoms with Crippen LogP contribution in [0.5, 0.6) is 5.75 Å². The van der Waals surface area contributed by atoms with Gasteiger partial charge in [-0.15, -0.1) is 25.6 Å². The van der Waals surface area contributed by atoms with Gasteiger partial charge in [-0.3, -0.25) is 0 Å². The number of cyclic esters (lactones) is 1. The van der Waals surface area contributed by atoms with Crippen molar-refractivity contribution in [1.82, 2.24) is 5.32 Å². The van der Waals surface area contributed by atoms with Crippen LogP contribution < -0.4 is 10.1 Å². The highest BCUT2D eigenvalue weighted by Gasteiger charge is 2.48. The van der Waals surface area contributed by atoms with Crippen LogP contribution in [0.4, 0.5) is 31.1 Å². The fraction of sp³-hybridized carbons (Fsp3) is 0.364. The highest BCUT2D eigenvalue weighted by atomic mass is 35.5. The molecule has 1 atom stereocenters. The molecule has 1 aromatic rings. The van der Waals surface area contributed by atoms with Crippen molar-refractivity contribution in [3.05, 3.63) is 29.6 Å². The molecule has 0 unspecified atom stereocenters. The molecule has 1 aliphatic heterocycles. The molecule has 0 saturated carbocycles. The Morgan fingerprint density at radius 3 is 2.55 bits per heavy atom. The van der Waals surface area contributed by atoms with Crippen LogP contribution in [0.15, 0.2) is 18.2 Å². The summed E-state index contributed by atoms with van der Waals surface area (Å²) >= 11 is 0. The molecule has 1 heterocycles. The Bertz CT molecular complexity index is 565. The Balaban J connectivity index is 0.00000242. The van der Waals surface area contributed by atoms with Gasteiger partial charge >= 0.3 is 18.4 Å². The van der Waals surface area contributed by atoms with Gasteiger partial charge in [0.05, 0.1) is 0 Å². The van der Waals surface area contributed by atoms with E-state index in [2.05, 4.69) is 9.47 Å². The molecule has 1 fully saturated rings. The van der Waals surface area contributed by atoms with Gasteiger partial charge in [0.25, 0.3) is 0 Å². The molecule has 0 bridgehead atoms. The fourth-order valence-corrected chi connectivity index (χ4v) is 1.76. The van der Waals surface area contributed by atoms with Crippen molar-refractivity contribution in [2.24, 2.45) is 0 Å². The average Bonchev–Trinajstić information content (AvgIpc) is 2.33. The maximum atomic E-state index is 13.6. The molecule has 124 valence electrons. The molecule has 1 N–H and O–H groups in total. The van der Waals surface area contributed by atoms with E-state index in [4.69, 9.17) is 0 Å². The summed E-state index contributed by atoms with van der Waals surface area (Å²) in [5.41, 5.74) is -0.835. The van der Waals surface area contributed by atoms with Crippen molar-refractivity contribution >= 4 is 18.5 Å². The van der Waals surface area contributed by atoms with Crippen molar-refractivity contribution in [2.45, 2.75) is 18.3 Å². The molecule has 2 rings (SSSR count). The zero-order valence-electron chi connectivity index (χ0n) is 10.4. The van der Waals surface area contributed by atoms with Gasteiger partial charge in [-0.25, -0.2) is 18.0 Å². The smallest absolute Gasteiger partial charge is 0.443 e. The molecular weight excluding hydrogens is 344 g/mol. The van der Waals surface area contributed by atoms with Gasteiger partial charge in [0, 0.05) is 5.56 Å². The van der Waals surface area contributed by atoms with Crippen LogP contribution >= 0.6 is 12.4 Å². The maximum absolute atomic E-state index is 13.6. The van der Waals surface area contributed by atoms with E-state index < -0.39 is 48.2 Å². The van der Waals surface area contributed by atoms with Gasteiger partial charge in [-0.1, -0.05) is 0 Å². The molecule has 0 spiro atoms. The summed E-state index contributed by atoms with van der Waals surface area (Å²) in [7, 11) is 0. The van der Waals surface area contributed by atoms with Crippen LogP contribution in [-0.2, 0) is 4.74 Å². The Kier molecular flexibility index (Phi) is 5.06. The third-order valence-electron chi connectivity index (χ3n) is 2.59. The molecule has 0 aliphatic carbocycles. The number of hydrogen-bond acceptors (Lipinski definition) is 3. The molecule has 1 aliphatic rings. The number of nitrogens with one attached hydrogen (secondary N) is 1. The molecule has 4 nitrogen and oxygen atoms in total. The van der Waals surface area contributed by atoms with E-state index in [9.17, 15) is 31.1 Å². The summed E-state index contributed by atoms with van der Waals surface area (Å²) in [4.78, 5) is 11.0. The predicted molar refractivity (Wildman–Crippen MR) is 62.5 cm³/mol. The minimum Gasteiger partial charge on any atom is -0.443 e. The Labute approximate surface area is 125 Å². The van der Waals surface area contributed by atoms with Crippen molar-refractivity contribution < 1.29 is 40.6 Å². The Morgan fingerprint density at radius 2 is 1.95 bits per heavy atom. The number of benzene rings is 1. The van der Waals surface area contributed by atoms with Gasteiger partial charge < -0.3 is 14.8 Å². The molecule has 11 heteroatoms. The van der Waals surface area contributed by atoms with Gasteiger partial charge in [-0.05, 0) is 18.2 Å². The molecule has 0 aromatic heterocycles. The zero-order chi connectivity index (χ0) is 15.8. The molecule has 22 heavy (non-hydrogen) atoms. The number of hydrogen-bond donors (Lipinski definition) is 1. The summed E-state index contributed by atoms with van der Waals surface area (Å²) in [6.07, 6.45) is -6.29. The van der Waals surface area contributed by atoms with Crippen LogP contribution in [0.3, 0.4) is 0 Å². The Hall–Kier alpha value is -1.84. The quantitative estimate of drug-likeness (QED) is 0.829. The zero-order valence-corrected chi connectivity index (χ0v) is 11.2. The van der Waals surface area contributed by atoms with Crippen molar-refractivity contribution in [2.75, 3.05) is 6.61 Å². The third-order valence-corrected chi connectivity index (χ3v) is 2.59. The molecule has 1 aromatic carbocycles. The lowest BCUT2D eigenvalue weighted by atomic mass is 9.99. The first-order chi connectivity index (χ1) is 9.58. The number of amides is 1. The Morgan fingerprint density at radius 1 is 1.32 bits per heavy atom. The minimum atomic E-state index is -5.06. The lowest BCUT2D eigenvalue weighted by Crippen LogP contribution is -2.49. The van der Waals surface area contributed by atoms with Gasteiger partial charge in [0.2, 0.25) is 0 Å². The molecule has 1 saturated heterocycles. The lowest BCUT2D eigenvalue weighted by Gasteiger charge is -2.32. The first-order valence-corrected chi connectivity index (χ1v) is 5.45. The largest absolute Gasteiger partial charge is 0.573 e. The minimum absolute atomic E-state index is 0.